The van der Waals surface area contributed by atoms with Gasteiger partial charge in [0.25, 0.3) is 0 Å². The van der Waals surface area contributed by atoms with Crippen LogP contribution in [-0.4, -0.2) is 89.2 Å². The van der Waals surface area contributed by atoms with Gasteiger partial charge in [0, 0.05) is 12.8 Å². The molecule has 0 spiro atoms. The predicted molar refractivity (Wildman–Crippen MR) is 293 cm³/mol. The molecule has 12 heteroatoms. The molecule has 0 aromatic heterocycles. The van der Waals surface area contributed by atoms with Crippen molar-refractivity contribution in [1.82, 2.24) is 0 Å². The van der Waals surface area contributed by atoms with Gasteiger partial charge in [-0.15, -0.1) is 0 Å². The van der Waals surface area contributed by atoms with Crippen LogP contribution in [0.25, 0.3) is 0 Å². The molecule has 1 fully saturated rings. The van der Waals surface area contributed by atoms with E-state index in [1.165, 1.54) is 25.7 Å². The van der Waals surface area contributed by atoms with Crippen LogP contribution in [0.3, 0.4) is 0 Å². The van der Waals surface area contributed by atoms with Gasteiger partial charge in [-0.25, -0.2) is 4.79 Å². The van der Waals surface area contributed by atoms with Crippen molar-refractivity contribution in [3.8, 4) is 0 Å². The summed E-state index contributed by atoms with van der Waals surface area (Å²) in [6.45, 7) is 5.60. The molecular weight excluding hydrogens is 925 g/mol. The van der Waals surface area contributed by atoms with Crippen molar-refractivity contribution in [2.45, 2.75) is 225 Å². The first-order chi connectivity index (χ1) is 35.6. The van der Waals surface area contributed by atoms with E-state index >= 15 is 0 Å². The zero-order valence-corrected chi connectivity index (χ0v) is 44.8. The Balaban J connectivity index is 2.81. The van der Waals surface area contributed by atoms with Crippen LogP contribution in [0.1, 0.15) is 188 Å². The number of carbonyl (C=O) groups excluding carboxylic acids is 3. The average Bonchev–Trinajstić information content (AvgIpc) is 3.37. The van der Waals surface area contributed by atoms with Crippen molar-refractivity contribution in [3.05, 3.63) is 122 Å². The zero-order valence-electron chi connectivity index (χ0n) is 44.8. The second kappa shape index (κ2) is 48.1. The SMILES string of the molecule is CC/C=C\C/C=C\C/C=C\C/C=C\C/C=C\CC(=O)OCC(COC1OC(C(=O)O)C(O)C(O)C1OC(=O)CCCC/C=C\C/C=C\C/C=C\C/C=C\CC)OC(=O)CCCCCCC/C=C\CCCCCC. The van der Waals surface area contributed by atoms with E-state index in [9.17, 15) is 34.5 Å². The van der Waals surface area contributed by atoms with Gasteiger partial charge in [0.05, 0.1) is 13.0 Å². The third kappa shape index (κ3) is 38.4. The summed E-state index contributed by atoms with van der Waals surface area (Å²) in [5, 5.41) is 31.4. The third-order valence-corrected chi connectivity index (χ3v) is 11.5. The van der Waals surface area contributed by atoms with Gasteiger partial charge in [-0.2, -0.15) is 0 Å². The van der Waals surface area contributed by atoms with Crippen molar-refractivity contribution >= 4 is 23.9 Å². The standard InChI is InChI=1S/C61H94O12/c1-4-7-10-13-16-19-22-25-27-30-32-35-38-41-44-47-53(62)69-50-52(71-54(63)48-45-42-39-36-33-29-24-21-18-15-12-9-6-3)51-70-61-59(57(66)56(65)58(73-61)60(67)68)72-55(64)49-46-43-40-37-34-31-28-26-23-20-17-14-11-8-5-2/h7-8,10-11,16-17,19-21,24-28,32,34-35,37,41,44,52,56-59,61,65-66H,4-6,9,12-15,18,22-23,29-31,33,36,38-40,42-43,45-51H2,1-3H3,(H,67,68)/b10-7-,11-8-,19-16-,20-17-,24-21-,27-25-,28-26-,35-32-,37-34-,44-41-. The minimum Gasteiger partial charge on any atom is -0.479 e. The summed E-state index contributed by atoms with van der Waals surface area (Å²) in [5.74, 6) is -3.37. The Kier molecular flexibility index (Phi) is 43.6. The summed E-state index contributed by atoms with van der Waals surface area (Å²) in [4.78, 5) is 50.9. The van der Waals surface area contributed by atoms with E-state index in [2.05, 4.69) is 124 Å². The van der Waals surface area contributed by atoms with Gasteiger partial charge in [-0.05, 0) is 109 Å². The van der Waals surface area contributed by atoms with Crippen LogP contribution < -0.4 is 0 Å². The third-order valence-electron chi connectivity index (χ3n) is 11.5. The van der Waals surface area contributed by atoms with Crippen LogP contribution in [0, 0.1) is 0 Å². The fourth-order valence-corrected chi connectivity index (χ4v) is 7.37. The summed E-state index contributed by atoms with van der Waals surface area (Å²) in [6, 6.07) is 0. The topological polar surface area (TPSA) is 175 Å². The molecule has 0 amide bonds. The number of carbonyl (C=O) groups is 4. The number of carboxylic acid groups (broad SMARTS) is 1. The Morgan fingerprint density at radius 3 is 1.42 bits per heavy atom. The number of aliphatic carboxylic acids is 1. The number of rotatable bonds is 44. The lowest BCUT2D eigenvalue weighted by Crippen LogP contribution is -2.61. The molecule has 0 bridgehead atoms. The summed E-state index contributed by atoms with van der Waals surface area (Å²) in [7, 11) is 0. The summed E-state index contributed by atoms with van der Waals surface area (Å²) in [6.07, 6.45) is 53.5. The zero-order chi connectivity index (χ0) is 53.3. The first-order valence-corrected chi connectivity index (χ1v) is 27.5. The van der Waals surface area contributed by atoms with E-state index in [1.54, 1.807) is 6.08 Å². The highest BCUT2D eigenvalue weighted by atomic mass is 16.7. The van der Waals surface area contributed by atoms with E-state index in [1.807, 2.05) is 12.2 Å². The number of hydrogen-bond acceptors (Lipinski definition) is 11. The molecule has 1 aliphatic heterocycles. The molecule has 0 saturated carbocycles. The lowest BCUT2D eigenvalue weighted by atomic mass is 9.98. The second-order valence-electron chi connectivity index (χ2n) is 18.1. The number of hydrogen-bond donors (Lipinski definition) is 3. The quantitative estimate of drug-likeness (QED) is 0.0228. The van der Waals surface area contributed by atoms with Crippen LogP contribution in [0.4, 0.5) is 0 Å². The Labute approximate surface area is 439 Å². The maximum Gasteiger partial charge on any atom is 0.335 e. The smallest absolute Gasteiger partial charge is 0.335 e. The van der Waals surface area contributed by atoms with E-state index in [-0.39, 0.29) is 25.9 Å². The maximum atomic E-state index is 13.1. The molecule has 1 rings (SSSR count). The van der Waals surface area contributed by atoms with Crippen LogP contribution in [0.15, 0.2) is 122 Å². The van der Waals surface area contributed by atoms with Crippen LogP contribution >= 0.6 is 0 Å². The number of carboxylic acids is 1. The number of esters is 3. The van der Waals surface area contributed by atoms with Crippen molar-refractivity contribution in [1.29, 1.82) is 0 Å². The molecule has 1 saturated heterocycles. The molecule has 0 aromatic rings. The van der Waals surface area contributed by atoms with Gasteiger partial charge in [-0.1, -0.05) is 181 Å². The minimum absolute atomic E-state index is 0.00770. The molecule has 3 N–H and O–H groups in total. The molecule has 0 aliphatic carbocycles. The highest BCUT2D eigenvalue weighted by molar-refractivity contribution is 5.74. The molecule has 1 aliphatic rings. The van der Waals surface area contributed by atoms with Gasteiger partial charge in [-0.3, -0.25) is 14.4 Å². The van der Waals surface area contributed by atoms with Crippen molar-refractivity contribution in [2.24, 2.45) is 0 Å². The molecule has 6 unspecified atom stereocenters. The first kappa shape index (κ1) is 66.1. The molecule has 1 heterocycles. The number of aliphatic hydroxyl groups is 2. The Hall–Kier alpha value is -4.88. The Morgan fingerprint density at radius 2 is 0.904 bits per heavy atom. The van der Waals surface area contributed by atoms with Crippen LogP contribution in [-0.2, 0) is 42.9 Å². The van der Waals surface area contributed by atoms with E-state index in [0.29, 0.717) is 25.7 Å². The van der Waals surface area contributed by atoms with Crippen molar-refractivity contribution in [2.75, 3.05) is 13.2 Å². The molecule has 12 nitrogen and oxygen atoms in total. The van der Waals surface area contributed by atoms with Crippen LogP contribution in [0.5, 0.6) is 0 Å². The highest BCUT2D eigenvalue weighted by Gasteiger charge is 2.50. The predicted octanol–water partition coefficient (Wildman–Crippen LogP) is 13.7. The van der Waals surface area contributed by atoms with E-state index in [0.717, 1.165) is 96.3 Å². The van der Waals surface area contributed by atoms with E-state index < -0.39 is 67.3 Å². The maximum absolute atomic E-state index is 13.1. The first-order valence-electron chi connectivity index (χ1n) is 27.5. The van der Waals surface area contributed by atoms with Crippen LogP contribution in [0.2, 0.25) is 0 Å². The van der Waals surface area contributed by atoms with Gasteiger partial charge >= 0.3 is 23.9 Å². The fraction of sp³-hybridized carbons (Fsp3) is 0.607. The van der Waals surface area contributed by atoms with Gasteiger partial charge in [0.15, 0.2) is 24.6 Å². The molecule has 6 atom stereocenters. The normalized spacial score (nSPS) is 19.3. The van der Waals surface area contributed by atoms with Crippen molar-refractivity contribution < 1.29 is 58.2 Å². The molecule has 0 radical (unpaired) electrons. The monoisotopic (exact) mass is 1020 g/mol. The van der Waals surface area contributed by atoms with Gasteiger partial charge in [0.2, 0.25) is 0 Å². The van der Waals surface area contributed by atoms with Gasteiger partial charge in [0.1, 0.15) is 18.8 Å². The van der Waals surface area contributed by atoms with Gasteiger partial charge < -0.3 is 39.0 Å². The number of allylic oxidation sites excluding steroid dienone is 19. The van der Waals surface area contributed by atoms with Crippen molar-refractivity contribution in [3.63, 3.8) is 0 Å². The largest absolute Gasteiger partial charge is 0.479 e. The Morgan fingerprint density at radius 1 is 0.479 bits per heavy atom. The molecule has 410 valence electrons. The fourth-order valence-electron chi connectivity index (χ4n) is 7.37. The Bertz CT molecular complexity index is 1730. The summed E-state index contributed by atoms with van der Waals surface area (Å²) in [5.41, 5.74) is 0. The second-order valence-corrected chi connectivity index (χ2v) is 18.1. The lowest BCUT2D eigenvalue weighted by molar-refractivity contribution is -0.301. The van der Waals surface area contributed by atoms with E-state index in [4.69, 9.17) is 23.7 Å². The summed E-state index contributed by atoms with van der Waals surface area (Å²) < 4.78 is 28.2. The average molecular weight is 1020 g/mol. The lowest BCUT2D eigenvalue weighted by Gasteiger charge is -2.40. The molecular formula is C61H94O12. The highest BCUT2D eigenvalue weighted by Crippen LogP contribution is 2.26. The summed E-state index contributed by atoms with van der Waals surface area (Å²) >= 11 is 0. The minimum atomic E-state index is -1.93. The molecule has 0 aromatic carbocycles. The molecule has 73 heavy (non-hydrogen) atoms. The number of aliphatic hydroxyl groups excluding tert-OH is 2. The number of unbranched alkanes of at least 4 members (excludes halogenated alkanes) is 11. The number of ether oxygens (including phenoxy) is 5.